The number of nitrogens with one attached hydrogen (secondary N) is 1. The standard InChI is InChI=1S/C24H29N5O2/c1-31-19-8-4-6-17(14-19)15-26-24(30)18-7-5-12-28(16-18)23-22-20-9-2-3-10-21(20)27-29(22)13-11-25-23/h4,6,8,11,13-14,18H,2-3,5,7,9-10,12,15-16H2,1H3,(H,26,30). The number of ether oxygens (including phenoxy) is 1. The van der Waals surface area contributed by atoms with Gasteiger partial charge in [-0.2, -0.15) is 5.10 Å². The van der Waals surface area contributed by atoms with Crippen molar-refractivity contribution in [2.75, 3.05) is 25.1 Å². The lowest BCUT2D eigenvalue weighted by Gasteiger charge is -2.33. The number of hydrogen-bond donors (Lipinski definition) is 1. The molecular formula is C24H29N5O2. The van der Waals surface area contributed by atoms with Gasteiger partial charge in [0.1, 0.15) is 11.3 Å². The Morgan fingerprint density at radius 3 is 3.06 bits per heavy atom. The highest BCUT2D eigenvalue weighted by atomic mass is 16.5. The summed E-state index contributed by atoms with van der Waals surface area (Å²) in [5.41, 5.74) is 4.73. The second kappa shape index (κ2) is 8.57. The monoisotopic (exact) mass is 419 g/mol. The minimum absolute atomic E-state index is 0.0415. The Kier molecular flexibility index (Phi) is 5.49. The van der Waals surface area contributed by atoms with E-state index in [4.69, 9.17) is 14.8 Å². The second-order valence-electron chi connectivity index (χ2n) is 8.53. The van der Waals surface area contributed by atoms with Gasteiger partial charge in [0.15, 0.2) is 5.82 Å². The lowest BCUT2D eigenvalue weighted by molar-refractivity contribution is -0.125. The largest absolute Gasteiger partial charge is 0.497 e. The smallest absolute Gasteiger partial charge is 0.225 e. The zero-order valence-corrected chi connectivity index (χ0v) is 18.0. The number of fused-ring (bicyclic) bond motifs is 3. The molecule has 1 aliphatic carbocycles. The highest BCUT2D eigenvalue weighted by Gasteiger charge is 2.29. The molecule has 0 bridgehead atoms. The predicted molar refractivity (Wildman–Crippen MR) is 119 cm³/mol. The number of rotatable bonds is 5. The molecule has 1 unspecified atom stereocenters. The Bertz CT molecular complexity index is 1090. The molecule has 1 atom stereocenters. The zero-order chi connectivity index (χ0) is 21.2. The average Bonchev–Trinajstić information content (AvgIpc) is 3.21. The normalized spacial score (nSPS) is 18.6. The van der Waals surface area contributed by atoms with E-state index in [1.165, 1.54) is 24.1 Å². The summed E-state index contributed by atoms with van der Waals surface area (Å²) in [4.78, 5) is 20.0. The number of aryl methyl sites for hydroxylation is 2. The molecule has 2 aromatic heterocycles. The molecule has 3 aromatic rings. The fourth-order valence-corrected chi connectivity index (χ4v) is 4.88. The van der Waals surface area contributed by atoms with Gasteiger partial charge in [0.25, 0.3) is 0 Å². The van der Waals surface area contributed by atoms with Crippen LogP contribution >= 0.6 is 0 Å². The molecule has 5 rings (SSSR count). The summed E-state index contributed by atoms with van der Waals surface area (Å²) < 4.78 is 7.27. The van der Waals surface area contributed by atoms with Crippen LogP contribution in [-0.2, 0) is 24.2 Å². The maximum Gasteiger partial charge on any atom is 0.225 e. The molecule has 2 aliphatic rings. The molecule has 0 saturated carbocycles. The second-order valence-corrected chi connectivity index (χ2v) is 8.53. The number of carbonyl (C=O) groups excluding carboxylic acids is 1. The fourth-order valence-electron chi connectivity index (χ4n) is 4.88. The third kappa shape index (κ3) is 3.96. The third-order valence-corrected chi connectivity index (χ3v) is 6.49. The number of anilines is 1. The molecule has 0 spiro atoms. The summed E-state index contributed by atoms with van der Waals surface area (Å²) in [5.74, 6) is 1.84. The van der Waals surface area contributed by atoms with Crippen molar-refractivity contribution in [3.63, 3.8) is 0 Å². The van der Waals surface area contributed by atoms with Gasteiger partial charge in [-0.25, -0.2) is 9.50 Å². The first kappa shape index (κ1) is 19.8. The summed E-state index contributed by atoms with van der Waals surface area (Å²) in [6, 6.07) is 7.82. The Hall–Kier alpha value is -3.09. The van der Waals surface area contributed by atoms with Gasteiger partial charge in [0, 0.05) is 37.6 Å². The van der Waals surface area contributed by atoms with Crippen LogP contribution in [0.4, 0.5) is 5.82 Å². The van der Waals surface area contributed by atoms with Gasteiger partial charge in [0.05, 0.1) is 18.7 Å². The van der Waals surface area contributed by atoms with Crippen LogP contribution in [0.15, 0.2) is 36.7 Å². The van der Waals surface area contributed by atoms with Crippen molar-refractivity contribution in [2.24, 2.45) is 5.92 Å². The van der Waals surface area contributed by atoms with Gasteiger partial charge >= 0.3 is 0 Å². The highest BCUT2D eigenvalue weighted by Crippen LogP contribution is 2.32. The fraction of sp³-hybridized carbons (Fsp3) is 0.458. The number of amides is 1. The number of methoxy groups -OCH3 is 1. The Balaban J connectivity index is 1.31. The first-order chi connectivity index (χ1) is 15.2. The summed E-state index contributed by atoms with van der Waals surface area (Å²) in [6.07, 6.45) is 10.2. The highest BCUT2D eigenvalue weighted by molar-refractivity contribution is 5.81. The van der Waals surface area contributed by atoms with E-state index in [1.807, 2.05) is 41.2 Å². The molecule has 1 fully saturated rings. The maximum atomic E-state index is 12.9. The molecule has 7 nitrogen and oxygen atoms in total. The molecule has 1 N–H and O–H groups in total. The number of benzene rings is 1. The van der Waals surface area contributed by atoms with Crippen LogP contribution in [0.1, 0.15) is 42.5 Å². The molecule has 1 saturated heterocycles. The maximum absolute atomic E-state index is 12.9. The Labute approximate surface area is 182 Å². The van der Waals surface area contributed by atoms with E-state index in [9.17, 15) is 4.79 Å². The lowest BCUT2D eigenvalue weighted by Crippen LogP contribution is -2.43. The average molecular weight is 420 g/mol. The summed E-state index contributed by atoms with van der Waals surface area (Å²) >= 11 is 0. The van der Waals surface area contributed by atoms with E-state index in [1.54, 1.807) is 7.11 Å². The minimum Gasteiger partial charge on any atom is -0.497 e. The van der Waals surface area contributed by atoms with Crippen molar-refractivity contribution in [2.45, 2.75) is 45.1 Å². The number of aromatic nitrogens is 3. The van der Waals surface area contributed by atoms with E-state index >= 15 is 0 Å². The Morgan fingerprint density at radius 1 is 1.26 bits per heavy atom. The SMILES string of the molecule is COc1cccc(CNC(=O)C2CCCN(c3nccn4nc5c(c34)CCCC5)C2)c1. The number of hydrogen-bond acceptors (Lipinski definition) is 5. The van der Waals surface area contributed by atoms with Crippen LogP contribution in [0.2, 0.25) is 0 Å². The van der Waals surface area contributed by atoms with Crippen molar-refractivity contribution in [3.05, 3.63) is 53.5 Å². The first-order valence-corrected chi connectivity index (χ1v) is 11.2. The van der Waals surface area contributed by atoms with E-state index in [0.717, 1.165) is 54.9 Å². The molecular weight excluding hydrogens is 390 g/mol. The predicted octanol–water partition coefficient (Wildman–Crippen LogP) is 3.15. The van der Waals surface area contributed by atoms with Gasteiger partial charge in [-0.05, 0) is 56.2 Å². The van der Waals surface area contributed by atoms with Crippen molar-refractivity contribution < 1.29 is 9.53 Å². The van der Waals surface area contributed by atoms with Crippen LogP contribution < -0.4 is 15.0 Å². The Morgan fingerprint density at radius 2 is 2.16 bits per heavy atom. The van der Waals surface area contributed by atoms with Gasteiger partial charge in [-0.3, -0.25) is 4.79 Å². The first-order valence-electron chi connectivity index (χ1n) is 11.2. The summed E-state index contributed by atoms with van der Waals surface area (Å²) in [7, 11) is 1.65. The summed E-state index contributed by atoms with van der Waals surface area (Å²) in [6.45, 7) is 2.12. The molecule has 3 heterocycles. The number of nitrogens with zero attached hydrogens (tertiary/aromatic N) is 4. The van der Waals surface area contributed by atoms with Crippen molar-refractivity contribution >= 4 is 17.2 Å². The third-order valence-electron chi connectivity index (χ3n) is 6.49. The van der Waals surface area contributed by atoms with Gasteiger partial charge in [-0.1, -0.05) is 12.1 Å². The van der Waals surface area contributed by atoms with Gasteiger partial charge < -0.3 is 15.0 Å². The van der Waals surface area contributed by atoms with Crippen molar-refractivity contribution in [1.82, 2.24) is 19.9 Å². The molecule has 1 aromatic carbocycles. The minimum atomic E-state index is -0.0415. The van der Waals surface area contributed by atoms with E-state index < -0.39 is 0 Å². The van der Waals surface area contributed by atoms with E-state index in [-0.39, 0.29) is 11.8 Å². The molecule has 7 heteroatoms. The summed E-state index contributed by atoms with van der Waals surface area (Å²) in [5, 5.41) is 7.92. The lowest BCUT2D eigenvalue weighted by atomic mass is 9.95. The van der Waals surface area contributed by atoms with Gasteiger partial charge in [0.2, 0.25) is 5.91 Å². The molecule has 1 amide bonds. The van der Waals surface area contributed by atoms with Crippen LogP contribution in [-0.4, -0.2) is 40.7 Å². The zero-order valence-electron chi connectivity index (χ0n) is 18.0. The molecule has 31 heavy (non-hydrogen) atoms. The van der Waals surface area contributed by atoms with Crippen molar-refractivity contribution in [3.8, 4) is 5.75 Å². The van der Waals surface area contributed by atoms with Crippen molar-refractivity contribution in [1.29, 1.82) is 0 Å². The van der Waals surface area contributed by atoms with Gasteiger partial charge in [-0.15, -0.1) is 0 Å². The molecule has 0 radical (unpaired) electrons. The van der Waals surface area contributed by atoms with E-state index in [0.29, 0.717) is 13.1 Å². The number of piperidine rings is 1. The van der Waals surface area contributed by atoms with Crippen LogP contribution in [0.3, 0.4) is 0 Å². The van der Waals surface area contributed by atoms with Crippen LogP contribution in [0.25, 0.3) is 5.52 Å². The molecule has 1 aliphatic heterocycles. The van der Waals surface area contributed by atoms with E-state index in [2.05, 4.69) is 10.2 Å². The molecule has 162 valence electrons. The van der Waals surface area contributed by atoms with Crippen LogP contribution in [0.5, 0.6) is 5.75 Å². The topological polar surface area (TPSA) is 71.8 Å². The quantitative estimate of drug-likeness (QED) is 0.688. The number of carbonyl (C=O) groups is 1. The van der Waals surface area contributed by atoms with Crippen LogP contribution in [0, 0.1) is 5.92 Å².